The molecule has 1 aromatic rings. The van der Waals surface area contributed by atoms with E-state index >= 15 is 0 Å². The van der Waals surface area contributed by atoms with Gasteiger partial charge in [-0.25, -0.2) is 0 Å². The van der Waals surface area contributed by atoms with Crippen LogP contribution in [0.2, 0.25) is 0 Å². The molecule has 0 bridgehead atoms. The van der Waals surface area contributed by atoms with Crippen molar-refractivity contribution in [3.05, 3.63) is 28.2 Å². The Balaban J connectivity index is 2.27. The van der Waals surface area contributed by atoms with Crippen molar-refractivity contribution >= 4 is 21.8 Å². The van der Waals surface area contributed by atoms with Gasteiger partial charge >= 0.3 is 0 Å². The smallest absolute Gasteiger partial charge is 0.258 e. The van der Waals surface area contributed by atoms with Crippen LogP contribution in [-0.4, -0.2) is 43.7 Å². The van der Waals surface area contributed by atoms with Gasteiger partial charge < -0.3 is 14.4 Å². The topological polar surface area (TPSA) is 38.8 Å². The second-order valence-corrected chi connectivity index (χ2v) is 5.18. The van der Waals surface area contributed by atoms with Gasteiger partial charge in [-0.3, -0.25) is 4.79 Å². The Labute approximate surface area is 115 Å². The zero-order valence-electron chi connectivity index (χ0n) is 10.5. The Morgan fingerprint density at radius 2 is 2.33 bits per heavy atom. The van der Waals surface area contributed by atoms with Gasteiger partial charge in [0.15, 0.2) is 0 Å². The molecule has 5 heteroatoms. The predicted octanol–water partition coefficient (Wildman–Crippen LogP) is 2.32. The van der Waals surface area contributed by atoms with Crippen molar-refractivity contribution in [2.45, 2.75) is 13.0 Å². The van der Waals surface area contributed by atoms with Crippen molar-refractivity contribution in [1.29, 1.82) is 0 Å². The number of amides is 1. The number of hydrogen-bond acceptors (Lipinski definition) is 3. The number of nitrogens with zero attached hydrogens (tertiary/aromatic N) is 1. The van der Waals surface area contributed by atoms with Gasteiger partial charge in [-0.2, -0.15) is 0 Å². The summed E-state index contributed by atoms with van der Waals surface area (Å²) in [5, 5.41) is 0. The minimum absolute atomic E-state index is 0.00449. The van der Waals surface area contributed by atoms with Crippen molar-refractivity contribution in [1.82, 2.24) is 4.90 Å². The van der Waals surface area contributed by atoms with E-state index < -0.39 is 0 Å². The maximum Gasteiger partial charge on any atom is 0.258 e. The van der Waals surface area contributed by atoms with Crippen LogP contribution in [0.25, 0.3) is 0 Å². The molecule has 0 spiro atoms. The maximum atomic E-state index is 12.5. The standard InChI is InChI=1S/C13H16BrNO3/c1-9-8-18-6-5-15(9)13(16)11-4-3-10(14)7-12(11)17-2/h3-4,7,9H,5-6,8H2,1-2H3/t9-/m1/s1. The molecule has 1 aromatic carbocycles. The Kier molecular flexibility index (Phi) is 4.24. The highest BCUT2D eigenvalue weighted by molar-refractivity contribution is 9.10. The fourth-order valence-electron chi connectivity index (χ4n) is 2.03. The van der Waals surface area contributed by atoms with Crippen molar-refractivity contribution in [2.75, 3.05) is 26.9 Å². The number of ether oxygens (including phenoxy) is 2. The van der Waals surface area contributed by atoms with Crippen LogP contribution < -0.4 is 4.74 Å². The van der Waals surface area contributed by atoms with E-state index in [1.54, 1.807) is 19.2 Å². The highest BCUT2D eigenvalue weighted by Gasteiger charge is 2.26. The van der Waals surface area contributed by atoms with Gasteiger partial charge in [0.05, 0.1) is 31.9 Å². The number of methoxy groups -OCH3 is 1. The Morgan fingerprint density at radius 3 is 3.00 bits per heavy atom. The first-order valence-corrected chi connectivity index (χ1v) is 6.65. The van der Waals surface area contributed by atoms with Gasteiger partial charge in [0.25, 0.3) is 5.91 Å². The Bertz CT molecular complexity index is 450. The summed E-state index contributed by atoms with van der Waals surface area (Å²) in [6.07, 6.45) is 0. The molecule has 1 fully saturated rings. The predicted molar refractivity (Wildman–Crippen MR) is 72.0 cm³/mol. The van der Waals surface area contributed by atoms with E-state index in [0.717, 1.165) is 4.47 Å². The van der Waals surface area contributed by atoms with E-state index in [9.17, 15) is 4.79 Å². The quantitative estimate of drug-likeness (QED) is 0.841. The molecular weight excluding hydrogens is 298 g/mol. The van der Waals surface area contributed by atoms with Gasteiger partial charge in [0, 0.05) is 11.0 Å². The highest BCUT2D eigenvalue weighted by Crippen LogP contribution is 2.25. The fourth-order valence-corrected chi connectivity index (χ4v) is 2.37. The summed E-state index contributed by atoms with van der Waals surface area (Å²) in [7, 11) is 1.57. The number of carbonyl (C=O) groups is 1. The van der Waals surface area contributed by atoms with Gasteiger partial charge in [-0.15, -0.1) is 0 Å². The number of morpholine rings is 1. The molecule has 18 heavy (non-hydrogen) atoms. The van der Waals surface area contributed by atoms with Crippen LogP contribution in [0.5, 0.6) is 5.75 Å². The van der Waals surface area contributed by atoms with Crippen molar-refractivity contribution in [2.24, 2.45) is 0 Å². The van der Waals surface area contributed by atoms with Crippen LogP contribution in [0.4, 0.5) is 0 Å². The number of carbonyl (C=O) groups excluding carboxylic acids is 1. The summed E-state index contributed by atoms with van der Waals surface area (Å²) in [5.41, 5.74) is 0.592. The van der Waals surface area contributed by atoms with Gasteiger partial charge in [-0.05, 0) is 25.1 Å². The van der Waals surface area contributed by atoms with Crippen molar-refractivity contribution in [3.63, 3.8) is 0 Å². The molecule has 1 aliphatic rings. The first-order chi connectivity index (χ1) is 8.63. The SMILES string of the molecule is COc1cc(Br)ccc1C(=O)N1CCOC[C@H]1C. The molecule has 1 atom stereocenters. The van der Waals surface area contributed by atoms with E-state index in [0.29, 0.717) is 31.1 Å². The van der Waals surface area contributed by atoms with Gasteiger partial charge in [0.2, 0.25) is 0 Å². The van der Waals surface area contributed by atoms with E-state index in [1.165, 1.54) is 0 Å². The molecule has 1 aliphatic heterocycles. The summed E-state index contributed by atoms with van der Waals surface area (Å²) < 4.78 is 11.5. The van der Waals surface area contributed by atoms with Crippen molar-refractivity contribution < 1.29 is 14.3 Å². The van der Waals surface area contributed by atoms with E-state index in [1.807, 2.05) is 17.9 Å². The summed E-state index contributed by atoms with van der Waals surface area (Å²) in [4.78, 5) is 14.3. The molecule has 1 heterocycles. The maximum absolute atomic E-state index is 12.5. The third-order valence-electron chi connectivity index (χ3n) is 3.02. The lowest BCUT2D eigenvalue weighted by molar-refractivity contribution is 0.00344. The Hall–Kier alpha value is -1.07. The molecule has 1 saturated heterocycles. The van der Waals surface area contributed by atoms with Crippen LogP contribution in [0.1, 0.15) is 17.3 Å². The van der Waals surface area contributed by atoms with Crippen molar-refractivity contribution in [3.8, 4) is 5.75 Å². The molecule has 0 N–H and O–H groups in total. The molecule has 98 valence electrons. The van der Waals surface area contributed by atoms with Crippen LogP contribution >= 0.6 is 15.9 Å². The molecule has 0 aliphatic carbocycles. The molecule has 1 amide bonds. The molecular formula is C13H16BrNO3. The largest absolute Gasteiger partial charge is 0.496 e. The average Bonchev–Trinajstić information content (AvgIpc) is 2.38. The second-order valence-electron chi connectivity index (χ2n) is 4.27. The normalized spacial score (nSPS) is 19.7. The lowest BCUT2D eigenvalue weighted by atomic mass is 10.1. The molecule has 0 saturated carbocycles. The summed E-state index contributed by atoms with van der Waals surface area (Å²) in [6.45, 7) is 3.79. The van der Waals surface area contributed by atoms with E-state index in [2.05, 4.69) is 15.9 Å². The number of rotatable bonds is 2. The molecule has 4 nitrogen and oxygen atoms in total. The fraction of sp³-hybridized carbons (Fsp3) is 0.462. The third-order valence-corrected chi connectivity index (χ3v) is 3.52. The monoisotopic (exact) mass is 313 g/mol. The summed E-state index contributed by atoms with van der Waals surface area (Å²) in [6, 6.07) is 5.53. The third kappa shape index (κ3) is 2.67. The number of halogens is 1. The second kappa shape index (κ2) is 5.71. The first kappa shape index (κ1) is 13.4. The summed E-state index contributed by atoms with van der Waals surface area (Å²) >= 11 is 3.37. The van der Waals surface area contributed by atoms with E-state index in [4.69, 9.17) is 9.47 Å². The summed E-state index contributed by atoms with van der Waals surface area (Å²) in [5.74, 6) is 0.586. The van der Waals surface area contributed by atoms with Gasteiger partial charge in [-0.1, -0.05) is 15.9 Å². The average molecular weight is 314 g/mol. The number of benzene rings is 1. The van der Waals surface area contributed by atoms with Crippen LogP contribution in [0.15, 0.2) is 22.7 Å². The van der Waals surface area contributed by atoms with Crippen LogP contribution in [0, 0.1) is 0 Å². The molecule has 0 aromatic heterocycles. The Morgan fingerprint density at radius 1 is 1.56 bits per heavy atom. The molecule has 0 unspecified atom stereocenters. The highest BCUT2D eigenvalue weighted by atomic mass is 79.9. The van der Waals surface area contributed by atoms with Crippen LogP contribution in [0.3, 0.4) is 0 Å². The lowest BCUT2D eigenvalue weighted by Gasteiger charge is -2.33. The molecule has 2 rings (SSSR count). The van der Waals surface area contributed by atoms with Gasteiger partial charge in [0.1, 0.15) is 5.75 Å². The number of hydrogen-bond donors (Lipinski definition) is 0. The lowest BCUT2D eigenvalue weighted by Crippen LogP contribution is -2.47. The van der Waals surface area contributed by atoms with Crippen LogP contribution in [-0.2, 0) is 4.74 Å². The minimum atomic E-state index is -0.00449. The zero-order chi connectivity index (χ0) is 13.1. The van der Waals surface area contributed by atoms with E-state index in [-0.39, 0.29) is 11.9 Å². The zero-order valence-corrected chi connectivity index (χ0v) is 12.1. The first-order valence-electron chi connectivity index (χ1n) is 5.85. The minimum Gasteiger partial charge on any atom is -0.496 e. The molecule has 0 radical (unpaired) electrons.